The quantitative estimate of drug-likeness (QED) is 0.518. The predicted molar refractivity (Wildman–Crippen MR) is 129 cm³/mol. The Balaban J connectivity index is 1.44. The lowest BCUT2D eigenvalue weighted by Crippen LogP contribution is -2.47. The molecule has 0 bridgehead atoms. The molecule has 0 spiro atoms. The molecule has 3 aromatic rings. The third-order valence-electron chi connectivity index (χ3n) is 5.67. The van der Waals surface area contributed by atoms with E-state index in [4.69, 9.17) is 0 Å². The number of halogens is 1. The number of sulfonamides is 1. The first-order valence-corrected chi connectivity index (χ1v) is 13.1. The third kappa shape index (κ3) is 5.26. The van der Waals surface area contributed by atoms with Crippen LogP contribution in [-0.2, 0) is 27.8 Å². The Bertz CT molecular complexity index is 1240. The molecule has 6 nitrogen and oxygen atoms in total. The average Bonchev–Trinajstić information content (AvgIpc) is 3.26. The molecule has 1 aliphatic rings. The topological polar surface area (TPSA) is 78.5 Å². The van der Waals surface area contributed by atoms with Crippen molar-refractivity contribution in [1.82, 2.24) is 4.72 Å². The summed E-state index contributed by atoms with van der Waals surface area (Å²) in [4.78, 5) is 16.1. The van der Waals surface area contributed by atoms with Crippen molar-refractivity contribution < 1.29 is 17.6 Å². The van der Waals surface area contributed by atoms with Crippen LogP contribution in [0, 0.1) is 11.7 Å². The van der Waals surface area contributed by atoms with Gasteiger partial charge in [-0.2, -0.15) is 4.72 Å². The van der Waals surface area contributed by atoms with Crippen molar-refractivity contribution >= 4 is 38.6 Å². The van der Waals surface area contributed by atoms with Crippen LogP contribution >= 0.6 is 11.3 Å². The number of amides is 1. The SMILES string of the molecule is CC(C)[C@H](NS(=O)(=O)c1ccccc1F)C(=O)Nc1ccc(N2CCc3sccc3C2)cc1. The summed E-state index contributed by atoms with van der Waals surface area (Å²) in [6.07, 6.45) is 1.02. The second-order valence-corrected chi connectivity index (χ2v) is 11.0. The molecule has 4 rings (SSSR count). The fraction of sp³-hybridized carbons (Fsp3) is 0.292. The summed E-state index contributed by atoms with van der Waals surface area (Å²) in [5.74, 6) is -1.71. The van der Waals surface area contributed by atoms with Crippen molar-refractivity contribution in [3.05, 3.63) is 76.2 Å². The Morgan fingerprint density at radius 3 is 2.52 bits per heavy atom. The molecule has 2 N–H and O–H groups in total. The Hall–Kier alpha value is -2.75. The normalized spacial score (nSPS) is 14.7. The van der Waals surface area contributed by atoms with Gasteiger partial charge in [0, 0.05) is 29.3 Å². The maximum atomic E-state index is 14.0. The molecular formula is C24H26FN3O3S2. The summed E-state index contributed by atoms with van der Waals surface area (Å²) in [6.45, 7) is 5.25. The molecule has 2 aromatic carbocycles. The van der Waals surface area contributed by atoms with Gasteiger partial charge in [0.2, 0.25) is 15.9 Å². The zero-order chi connectivity index (χ0) is 23.6. The summed E-state index contributed by atoms with van der Waals surface area (Å²) < 4.78 is 41.7. The molecule has 1 aromatic heterocycles. The largest absolute Gasteiger partial charge is 0.367 e. The van der Waals surface area contributed by atoms with Crippen LogP contribution in [0.15, 0.2) is 64.9 Å². The number of carbonyl (C=O) groups excluding carboxylic acids is 1. The van der Waals surface area contributed by atoms with E-state index in [1.807, 2.05) is 12.1 Å². The van der Waals surface area contributed by atoms with Gasteiger partial charge >= 0.3 is 0 Å². The van der Waals surface area contributed by atoms with Crippen LogP contribution < -0.4 is 14.9 Å². The number of nitrogens with zero attached hydrogens (tertiary/aromatic N) is 1. The lowest BCUT2D eigenvalue weighted by molar-refractivity contribution is -0.118. The van der Waals surface area contributed by atoms with Crippen LogP contribution in [0.1, 0.15) is 24.3 Å². The summed E-state index contributed by atoms with van der Waals surface area (Å²) >= 11 is 1.80. The average molecular weight is 488 g/mol. The van der Waals surface area contributed by atoms with Crippen molar-refractivity contribution in [2.45, 2.75) is 37.8 Å². The molecule has 1 aliphatic heterocycles. The van der Waals surface area contributed by atoms with Crippen molar-refractivity contribution in [2.24, 2.45) is 5.92 Å². The number of nitrogens with one attached hydrogen (secondary N) is 2. The second kappa shape index (κ2) is 9.62. The van der Waals surface area contributed by atoms with E-state index < -0.39 is 32.7 Å². The number of thiophene rings is 1. The molecule has 0 saturated carbocycles. The van der Waals surface area contributed by atoms with E-state index >= 15 is 0 Å². The monoisotopic (exact) mass is 487 g/mol. The fourth-order valence-corrected chi connectivity index (χ4v) is 6.14. The molecule has 0 fully saturated rings. The van der Waals surface area contributed by atoms with Gasteiger partial charge in [-0.05, 0) is 65.7 Å². The van der Waals surface area contributed by atoms with E-state index in [1.54, 1.807) is 37.3 Å². The summed E-state index contributed by atoms with van der Waals surface area (Å²) in [5, 5.41) is 4.90. The number of anilines is 2. The van der Waals surface area contributed by atoms with Gasteiger partial charge in [-0.1, -0.05) is 26.0 Å². The molecule has 9 heteroatoms. The molecule has 0 aliphatic carbocycles. The number of hydrogen-bond acceptors (Lipinski definition) is 5. The van der Waals surface area contributed by atoms with E-state index in [0.717, 1.165) is 31.3 Å². The molecule has 1 atom stereocenters. The minimum Gasteiger partial charge on any atom is -0.367 e. The zero-order valence-electron chi connectivity index (χ0n) is 18.4. The molecule has 2 heterocycles. The maximum Gasteiger partial charge on any atom is 0.244 e. The highest BCUT2D eigenvalue weighted by molar-refractivity contribution is 7.89. The highest BCUT2D eigenvalue weighted by Gasteiger charge is 2.30. The van der Waals surface area contributed by atoms with Gasteiger partial charge in [0.25, 0.3) is 0 Å². The minimum absolute atomic E-state index is 0.348. The first-order chi connectivity index (χ1) is 15.7. The molecule has 33 heavy (non-hydrogen) atoms. The lowest BCUT2D eigenvalue weighted by atomic mass is 10.0. The van der Waals surface area contributed by atoms with E-state index in [0.29, 0.717) is 5.69 Å². The molecule has 0 unspecified atom stereocenters. The van der Waals surface area contributed by atoms with Crippen LogP contribution in [-0.4, -0.2) is 26.9 Å². The smallest absolute Gasteiger partial charge is 0.244 e. The van der Waals surface area contributed by atoms with E-state index in [2.05, 4.69) is 26.4 Å². The summed E-state index contributed by atoms with van der Waals surface area (Å²) in [6, 6.07) is 13.7. The second-order valence-electron chi connectivity index (χ2n) is 8.35. The first-order valence-electron chi connectivity index (χ1n) is 10.7. The van der Waals surface area contributed by atoms with E-state index in [1.165, 1.54) is 28.6 Å². The maximum absolute atomic E-state index is 14.0. The number of benzene rings is 2. The molecule has 1 amide bonds. The van der Waals surface area contributed by atoms with Gasteiger partial charge in [-0.25, -0.2) is 12.8 Å². The van der Waals surface area contributed by atoms with Crippen LogP contribution in [0.25, 0.3) is 0 Å². The number of fused-ring (bicyclic) bond motifs is 1. The zero-order valence-corrected chi connectivity index (χ0v) is 20.0. The van der Waals surface area contributed by atoms with E-state index in [9.17, 15) is 17.6 Å². The van der Waals surface area contributed by atoms with Crippen molar-refractivity contribution in [1.29, 1.82) is 0 Å². The first kappa shape index (κ1) is 23.4. The standard InChI is InChI=1S/C24H26FN3O3S2/c1-16(2)23(27-33(30,31)22-6-4-3-5-20(22)25)24(29)26-18-7-9-19(10-8-18)28-13-11-21-17(15-28)12-14-32-21/h3-10,12,14,16,23,27H,11,13,15H2,1-2H3,(H,26,29)/t23-/m0/s1. The number of rotatable bonds is 7. The molecule has 174 valence electrons. The Labute approximate surface area is 197 Å². The third-order valence-corrected chi connectivity index (χ3v) is 8.16. The highest BCUT2D eigenvalue weighted by Crippen LogP contribution is 2.28. The molecule has 0 radical (unpaired) electrons. The van der Waals surface area contributed by atoms with Crippen LogP contribution in [0.5, 0.6) is 0 Å². The minimum atomic E-state index is -4.20. The summed E-state index contributed by atoms with van der Waals surface area (Å²) in [7, 11) is -4.20. The van der Waals surface area contributed by atoms with Crippen LogP contribution in [0.4, 0.5) is 15.8 Å². The van der Waals surface area contributed by atoms with Crippen LogP contribution in [0.3, 0.4) is 0 Å². The van der Waals surface area contributed by atoms with Crippen molar-refractivity contribution in [2.75, 3.05) is 16.8 Å². The van der Waals surface area contributed by atoms with Gasteiger partial charge in [-0.15, -0.1) is 11.3 Å². The van der Waals surface area contributed by atoms with Gasteiger partial charge in [-0.3, -0.25) is 4.79 Å². The summed E-state index contributed by atoms with van der Waals surface area (Å²) in [5.41, 5.74) is 2.98. The van der Waals surface area contributed by atoms with Crippen LogP contribution in [0.2, 0.25) is 0 Å². The van der Waals surface area contributed by atoms with Crippen molar-refractivity contribution in [3.8, 4) is 0 Å². The molecular weight excluding hydrogens is 461 g/mol. The van der Waals surface area contributed by atoms with E-state index in [-0.39, 0.29) is 5.92 Å². The van der Waals surface area contributed by atoms with Crippen molar-refractivity contribution in [3.63, 3.8) is 0 Å². The Morgan fingerprint density at radius 1 is 1.09 bits per heavy atom. The lowest BCUT2D eigenvalue weighted by Gasteiger charge is -2.29. The molecule has 0 saturated heterocycles. The Morgan fingerprint density at radius 2 is 1.82 bits per heavy atom. The Kier molecular flexibility index (Phi) is 6.83. The van der Waals surface area contributed by atoms with Gasteiger partial charge in [0.15, 0.2) is 0 Å². The van der Waals surface area contributed by atoms with Gasteiger partial charge in [0.05, 0.1) is 0 Å². The number of hydrogen-bond donors (Lipinski definition) is 2. The highest BCUT2D eigenvalue weighted by atomic mass is 32.2. The predicted octanol–water partition coefficient (Wildman–Crippen LogP) is 4.39. The van der Waals surface area contributed by atoms with Gasteiger partial charge in [0.1, 0.15) is 16.8 Å². The number of carbonyl (C=O) groups is 1. The van der Waals surface area contributed by atoms with Gasteiger partial charge < -0.3 is 10.2 Å². The fourth-order valence-electron chi connectivity index (χ4n) is 3.83.